The number of carbonyl (C=O) groups is 1. The molecule has 2 saturated heterocycles. The van der Waals surface area contributed by atoms with Crippen LogP contribution >= 0.6 is 0 Å². The monoisotopic (exact) mass is 437 g/mol. The second-order valence-corrected chi connectivity index (χ2v) is 4.74. The molecule has 0 aliphatic carbocycles. The molecular weight excluding hydrogens is 412 g/mol. The van der Waals surface area contributed by atoms with E-state index in [1.54, 1.807) is 14.1 Å². The zero-order chi connectivity index (χ0) is 12.8. The summed E-state index contributed by atoms with van der Waals surface area (Å²) in [6.07, 6.45) is 4.88. The van der Waals surface area contributed by atoms with E-state index >= 15 is 0 Å². The molecule has 0 bridgehead atoms. The second-order valence-electron chi connectivity index (χ2n) is 4.74. The average molecular weight is 437 g/mol. The fourth-order valence-electron chi connectivity index (χ4n) is 2.68. The molecule has 0 aromatic rings. The van der Waals surface area contributed by atoms with Crippen molar-refractivity contribution in [3.8, 4) is 0 Å². The van der Waals surface area contributed by atoms with Crippen LogP contribution in [0.15, 0.2) is 0 Å². The van der Waals surface area contributed by atoms with E-state index in [-0.39, 0.29) is 26.2 Å². The van der Waals surface area contributed by atoms with Crippen LogP contribution in [-0.4, -0.2) is 67.4 Å². The van der Waals surface area contributed by atoms with Gasteiger partial charge >= 0.3 is 6.09 Å². The number of hydrogen-bond donors (Lipinski definition) is 1. The number of ether oxygens (including phenoxy) is 1. The van der Waals surface area contributed by atoms with Crippen molar-refractivity contribution in [1.29, 1.82) is 0 Å². The first-order chi connectivity index (χ1) is 8.18. The molecule has 2 atom stereocenters. The van der Waals surface area contributed by atoms with Crippen molar-refractivity contribution in [2.24, 2.45) is 0 Å². The molecule has 0 saturated carbocycles. The van der Waals surface area contributed by atoms with E-state index in [1.165, 1.54) is 37.1 Å². The van der Waals surface area contributed by atoms with E-state index in [4.69, 9.17) is 9.84 Å². The van der Waals surface area contributed by atoms with Crippen LogP contribution in [0.25, 0.3) is 0 Å². The number of aliphatic hydroxyl groups excluding tert-OH is 1. The van der Waals surface area contributed by atoms with Gasteiger partial charge in [-0.15, -0.1) is 0 Å². The minimum Gasteiger partial charge on any atom is -0.448 e. The van der Waals surface area contributed by atoms with Gasteiger partial charge in [-0.25, -0.2) is 4.79 Å². The summed E-state index contributed by atoms with van der Waals surface area (Å²) in [7, 11) is 4.44. The van der Waals surface area contributed by atoms with Gasteiger partial charge in [-0.2, -0.15) is 0 Å². The van der Waals surface area contributed by atoms with Crippen molar-refractivity contribution in [1.82, 2.24) is 9.80 Å². The number of hydrogen-bond acceptors (Lipinski definition) is 4. The van der Waals surface area contributed by atoms with E-state index in [1.807, 2.05) is 0 Å². The summed E-state index contributed by atoms with van der Waals surface area (Å²) in [6.45, 7) is 1.75. The molecule has 2 heterocycles. The van der Waals surface area contributed by atoms with E-state index in [0.717, 1.165) is 13.2 Å². The maximum absolute atomic E-state index is 11.3. The Balaban J connectivity index is 0.000000917. The van der Waals surface area contributed by atoms with Crippen LogP contribution in [0, 0.1) is 0 Å². The number of rotatable bonds is 2. The molecule has 1 amide bonds. The molecule has 0 aromatic heterocycles. The molecule has 2 rings (SSSR count). The third-order valence-electron chi connectivity index (χ3n) is 3.49. The van der Waals surface area contributed by atoms with Crippen LogP contribution in [0.1, 0.15) is 25.7 Å². The maximum atomic E-state index is 11.3. The Morgan fingerprint density at radius 1 is 1.33 bits per heavy atom. The quantitative estimate of drug-likeness (QED) is 0.700. The normalized spacial score (nSPS) is 25.6. The van der Waals surface area contributed by atoms with Gasteiger partial charge in [0.25, 0.3) is 0 Å². The van der Waals surface area contributed by atoms with E-state index < -0.39 is 0 Å². The second kappa shape index (κ2) is 8.86. The van der Waals surface area contributed by atoms with E-state index in [9.17, 15) is 4.79 Å². The molecule has 1 N–H and O–H groups in total. The van der Waals surface area contributed by atoms with Gasteiger partial charge in [0.1, 0.15) is 6.61 Å². The van der Waals surface area contributed by atoms with Crippen molar-refractivity contribution in [2.45, 2.75) is 37.8 Å². The number of carbonyl (C=O) groups excluding carboxylic acids is 1. The Morgan fingerprint density at radius 2 is 2.00 bits per heavy atom. The number of aliphatic hydroxyl groups is 1. The fraction of sp³-hybridized carbons (Fsp3) is 0.917. The van der Waals surface area contributed by atoms with Crippen molar-refractivity contribution < 1.29 is 34.7 Å². The average Bonchev–Trinajstić information content (AvgIpc) is 2.91. The maximum Gasteiger partial charge on any atom is 0.409 e. The zero-order valence-corrected chi connectivity index (χ0v) is 13.8. The molecule has 2 fully saturated rings. The molecule has 18 heavy (non-hydrogen) atoms. The van der Waals surface area contributed by atoms with Crippen molar-refractivity contribution in [3.05, 3.63) is 0 Å². The number of nitrogens with zero attached hydrogens (tertiary/aromatic N) is 2. The smallest absolute Gasteiger partial charge is 0.409 e. The van der Waals surface area contributed by atoms with Crippen LogP contribution in [-0.2, 0) is 24.8 Å². The fourth-order valence-corrected chi connectivity index (χ4v) is 2.68. The van der Waals surface area contributed by atoms with Crippen LogP contribution < -0.4 is 0 Å². The first-order valence-corrected chi connectivity index (χ1v) is 6.23. The summed E-state index contributed by atoms with van der Waals surface area (Å²) in [5, 5.41) is 7.00. The number of fused-ring (bicyclic) bond motifs is 1. The molecule has 1 radical (unpaired) electrons. The third kappa shape index (κ3) is 4.50. The molecule has 2 unspecified atom stereocenters. The Morgan fingerprint density at radius 3 is 2.61 bits per heavy atom. The molecule has 0 spiro atoms. The largest absolute Gasteiger partial charge is 0.448 e. The zero-order valence-electron chi connectivity index (χ0n) is 11.4. The van der Waals surface area contributed by atoms with Gasteiger partial charge in [0.2, 0.25) is 0 Å². The minimum absolute atomic E-state index is 0. The van der Waals surface area contributed by atoms with E-state index in [2.05, 4.69) is 4.90 Å². The first-order valence-electron chi connectivity index (χ1n) is 6.23. The summed E-state index contributed by atoms with van der Waals surface area (Å²) in [5.74, 6) is 0. The van der Waals surface area contributed by atoms with Gasteiger partial charge in [0, 0.05) is 53.4 Å². The minimum atomic E-state index is -0.224. The van der Waals surface area contributed by atoms with Crippen LogP contribution in [0.5, 0.6) is 0 Å². The van der Waals surface area contributed by atoms with Gasteiger partial charge in [0.15, 0.2) is 0 Å². The predicted molar refractivity (Wildman–Crippen MR) is 65.9 cm³/mol. The van der Waals surface area contributed by atoms with E-state index in [0.29, 0.717) is 12.6 Å². The Labute approximate surface area is 123 Å². The Kier molecular flexibility index (Phi) is 8.78. The van der Waals surface area contributed by atoms with Gasteiger partial charge < -0.3 is 14.7 Å². The number of amides is 1. The topological polar surface area (TPSA) is 53.0 Å². The summed E-state index contributed by atoms with van der Waals surface area (Å²) in [4.78, 5) is 15.3. The van der Waals surface area contributed by atoms with Crippen LogP contribution in [0.4, 0.5) is 4.79 Å². The molecule has 109 valence electrons. The Bertz CT molecular complexity index is 251. The van der Waals surface area contributed by atoms with Crippen molar-refractivity contribution in [3.63, 3.8) is 0 Å². The van der Waals surface area contributed by atoms with Crippen molar-refractivity contribution >= 4 is 6.09 Å². The summed E-state index contributed by atoms with van der Waals surface area (Å²) in [5.41, 5.74) is 0. The molecule has 6 heteroatoms. The van der Waals surface area contributed by atoms with Crippen molar-refractivity contribution in [2.75, 3.05) is 34.4 Å². The first kappa shape index (κ1) is 17.8. The predicted octanol–water partition coefficient (Wildman–Crippen LogP) is 0.917. The molecule has 5 nitrogen and oxygen atoms in total. The van der Waals surface area contributed by atoms with Gasteiger partial charge in [0.05, 0.1) is 0 Å². The van der Waals surface area contributed by atoms with Gasteiger partial charge in [-0.3, -0.25) is 4.90 Å². The summed E-state index contributed by atoms with van der Waals surface area (Å²) < 4.78 is 5.24. The molecular formula is C12H24IrN2O3. The van der Waals surface area contributed by atoms with Crippen LogP contribution in [0.2, 0.25) is 0 Å². The third-order valence-corrected chi connectivity index (χ3v) is 3.49. The van der Waals surface area contributed by atoms with Gasteiger partial charge in [-0.05, 0) is 32.2 Å². The molecule has 2 aliphatic heterocycles. The molecule has 0 aromatic carbocycles. The van der Waals surface area contributed by atoms with Crippen LogP contribution in [0.3, 0.4) is 0 Å². The SMILES string of the molecule is CN(C)C(=O)OCC1CCC2CCCN21.CO.[Ir]. The molecule has 2 aliphatic rings. The summed E-state index contributed by atoms with van der Waals surface area (Å²) >= 11 is 0. The standard InChI is InChI=1S/C11H20N2O2.CH4O.Ir/c1-12(2)11(14)15-8-10-6-5-9-4-3-7-13(9)10;1-2;/h9-10H,3-8H2,1-2H3;2H,1H3;. The summed E-state index contributed by atoms with van der Waals surface area (Å²) in [6, 6.07) is 1.24. The Hall–Kier alpha value is -0.161. The van der Waals surface area contributed by atoms with Gasteiger partial charge in [-0.1, -0.05) is 0 Å².